The maximum atomic E-state index is 3.66. The number of piperidine rings is 2. The van der Waals surface area contributed by atoms with Crippen LogP contribution in [0.5, 0.6) is 0 Å². The molecule has 2 aliphatic rings. The summed E-state index contributed by atoms with van der Waals surface area (Å²) in [5.41, 5.74) is 0. The van der Waals surface area contributed by atoms with Crippen LogP contribution in [0.1, 0.15) is 39.5 Å². The first-order chi connectivity index (χ1) is 6.77. The molecule has 2 aliphatic heterocycles. The predicted molar refractivity (Wildman–Crippen MR) is 59.8 cm³/mol. The van der Waals surface area contributed by atoms with Crippen molar-refractivity contribution >= 4 is 0 Å². The Kier molecular flexibility index (Phi) is 3.45. The Bertz CT molecular complexity index is 181. The van der Waals surface area contributed by atoms with Crippen molar-refractivity contribution in [3.8, 4) is 0 Å². The van der Waals surface area contributed by atoms with Gasteiger partial charge in [-0.1, -0.05) is 13.8 Å². The number of rotatable bonds is 1. The lowest BCUT2D eigenvalue weighted by Crippen LogP contribution is -2.51. The molecular formula is C12H23N2. The molecule has 2 N–H and O–H groups in total. The normalized spacial score (nSPS) is 41.1. The van der Waals surface area contributed by atoms with Gasteiger partial charge in [0.05, 0.1) is 6.04 Å². The minimum atomic E-state index is 0.645. The van der Waals surface area contributed by atoms with Crippen molar-refractivity contribution in [1.82, 2.24) is 10.6 Å². The van der Waals surface area contributed by atoms with Gasteiger partial charge in [0.2, 0.25) is 0 Å². The van der Waals surface area contributed by atoms with Crippen LogP contribution in [0.4, 0.5) is 0 Å². The van der Waals surface area contributed by atoms with Gasteiger partial charge in [-0.3, -0.25) is 0 Å². The molecule has 0 aromatic carbocycles. The summed E-state index contributed by atoms with van der Waals surface area (Å²) in [6.07, 6.45) is 5.35. The number of hydrogen-bond donors (Lipinski definition) is 2. The molecule has 0 aliphatic carbocycles. The summed E-state index contributed by atoms with van der Waals surface area (Å²) in [5, 5.41) is 7.26. The van der Waals surface area contributed by atoms with Gasteiger partial charge >= 0.3 is 0 Å². The zero-order chi connectivity index (χ0) is 9.97. The van der Waals surface area contributed by atoms with E-state index in [1.807, 2.05) is 0 Å². The van der Waals surface area contributed by atoms with Crippen molar-refractivity contribution < 1.29 is 0 Å². The van der Waals surface area contributed by atoms with E-state index in [-0.39, 0.29) is 0 Å². The SMILES string of the molecule is CC1CCN[C](C2NCCCC2C)C1. The molecule has 2 heteroatoms. The van der Waals surface area contributed by atoms with Gasteiger partial charge in [-0.25, -0.2) is 0 Å². The molecule has 2 heterocycles. The Morgan fingerprint density at radius 2 is 2.00 bits per heavy atom. The average molecular weight is 195 g/mol. The van der Waals surface area contributed by atoms with Crippen LogP contribution in [0.2, 0.25) is 0 Å². The van der Waals surface area contributed by atoms with Crippen molar-refractivity contribution in [1.29, 1.82) is 0 Å². The van der Waals surface area contributed by atoms with Crippen molar-refractivity contribution in [3.63, 3.8) is 0 Å². The summed E-state index contributed by atoms with van der Waals surface area (Å²) in [6.45, 7) is 7.13. The molecule has 0 spiro atoms. The van der Waals surface area contributed by atoms with E-state index in [1.54, 1.807) is 6.04 Å². The van der Waals surface area contributed by atoms with Gasteiger partial charge in [-0.05, 0) is 50.6 Å². The first kappa shape index (κ1) is 10.4. The molecule has 3 unspecified atom stereocenters. The molecule has 0 amide bonds. The first-order valence-corrected chi connectivity index (χ1v) is 6.10. The number of hydrogen-bond acceptors (Lipinski definition) is 2. The van der Waals surface area contributed by atoms with E-state index in [0.717, 1.165) is 11.8 Å². The first-order valence-electron chi connectivity index (χ1n) is 6.10. The molecule has 0 bridgehead atoms. The molecule has 1 radical (unpaired) electrons. The van der Waals surface area contributed by atoms with Crippen LogP contribution in [0.25, 0.3) is 0 Å². The summed E-state index contributed by atoms with van der Waals surface area (Å²) >= 11 is 0. The summed E-state index contributed by atoms with van der Waals surface area (Å²) in [5.74, 6) is 1.69. The molecule has 14 heavy (non-hydrogen) atoms. The zero-order valence-corrected chi connectivity index (χ0v) is 9.47. The fourth-order valence-electron chi connectivity index (χ4n) is 2.78. The Labute approximate surface area is 87.8 Å². The molecule has 0 saturated carbocycles. The molecule has 2 fully saturated rings. The molecule has 2 saturated heterocycles. The minimum absolute atomic E-state index is 0.645. The summed E-state index contributed by atoms with van der Waals surface area (Å²) in [4.78, 5) is 0. The highest BCUT2D eigenvalue weighted by atomic mass is 15.0. The highest BCUT2D eigenvalue weighted by Crippen LogP contribution is 2.29. The fourth-order valence-corrected chi connectivity index (χ4v) is 2.78. The van der Waals surface area contributed by atoms with Gasteiger partial charge in [0, 0.05) is 6.04 Å². The Morgan fingerprint density at radius 1 is 1.14 bits per heavy atom. The quantitative estimate of drug-likeness (QED) is 0.668. The van der Waals surface area contributed by atoms with Crippen LogP contribution < -0.4 is 10.6 Å². The van der Waals surface area contributed by atoms with Gasteiger partial charge < -0.3 is 10.6 Å². The van der Waals surface area contributed by atoms with Gasteiger partial charge in [-0.2, -0.15) is 0 Å². The van der Waals surface area contributed by atoms with Crippen molar-refractivity contribution in [2.45, 2.75) is 45.6 Å². The van der Waals surface area contributed by atoms with E-state index in [4.69, 9.17) is 0 Å². The van der Waals surface area contributed by atoms with Crippen LogP contribution >= 0.6 is 0 Å². The molecule has 81 valence electrons. The average Bonchev–Trinajstić information content (AvgIpc) is 2.18. The Balaban J connectivity index is 1.91. The van der Waals surface area contributed by atoms with E-state index in [0.29, 0.717) is 6.04 Å². The van der Waals surface area contributed by atoms with Crippen LogP contribution in [-0.4, -0.2) is 19.1 Å². The van der Waals surface area contributed by atoms with E-state index in [9.17, 15) is 0 Å². The molecular weight excluding hydrogens is 172 g/mol. The lowest BCUT2D eigenvalue weighted by molar-refractivity contribution is 0.252. The smallest absolute Gasteiger partial charge is 0.0540 e. The van der Waals surface area contributed by atoms with E-state index >= 15 is 0 Å². The van der Waals surface area contributed by atoms with E-state index < -0.39 is 0 Å². The van der Waals surface area contributed by atoms with Crippen molar-refractivity contribution in [3.05, 3.63) is 6.04 Å². The highest BCUT2D eigenvalue weighted by Gasteiger charge is 2.31. The fraction of sp³-hybridized carbons (Fsp3) is 0.917. The third kappa shape index (κ3) is 2.29. The van der Waals surface area contributed by atoms with Crippen molar-refractivity contribution in [2.24, 2.45) is 11.8 Å². The molecule has 3 atom stereocenters. The van der Waals surface area contributed by atoms with Crippen LogP contribution in [0, 0.1) is 17.9 Å². The van der Waals surface area contributed by atoms with Gasteiger partial charge in [0.25, 0.3) is 0 Å². The summed E-state index contributed by atoms with van der Waals surface area (Å²) < 4.78 is 0. The van der Waals surface area contributed by atoms with Gasteiger partial charge in [0.15, 0.2) is 0 Å². The predicted octanol–water partition coefficient (Wildman–Crippen LogP) is 1.93. The maximum Gasteiger partial charge on any atom is 0.0540 e. The maximum absolute atomic E-state index is 3.66. The summed E-state index contributed by atoms with van der Waals surface area (Å²) in [7, 11) is 0. The second-order valence-electron chi connectivity index (χ2n) is 5.10. The molecule has 2 rings (SSSR count). The standard InChI is InChI=1S/C12H23N2/c1-9-5-7-13-11(8-9)12-10(2)4-3-6-14-12/h9-10,12-14H,3-8H2,1-2H3. The Morgan fingerprint density at radius 3 is 2.71 bits per heavy atom. The van der Waals surface area contributed by atoms with E-state index in [1.165, 1.54) is 38.8 Å². The lowest BCUT2D eigenvalue weighted by Gasteiger charge is -2.39. The lowest BCUT2D eigenvalue weighted by atomic mass is 9.82. The third-order valence-corrected chi connectivity index (χ3v) is 3.70. The van der Waals surface area contributed by atoms with Crippen molar-refractivity contribution in [2.75, 3.05) is 13.1 Å². The second-order valence-corrected chi connectivity index (χ2v) is 5.10. The monoisotopic (exact) mass is 195 g/mol. The zero-order valence-electron chi connectivity index (χ0n) is 9.47. The highest BCUT2D eigenvalue weighted by molar-refractivity contribution is 5.05. The second kappa shape index (κ2) is 4.63. The molecule has 2 nitrogen and oxygen atoms in total. The topological polar surface area (TPSA) is 24.1 Å². The molecule has 0 aromatic heterocycles. The van der Waals surface area contributed by atoms with Crippen LogP contribution in [-0.2, 0) is 0 Å². The largest absolute Gasteiger partial charge is 0.312 e. The van der Waals surface area contributed by atoms with Crippen LogP contribution in [0.15, 0.2) is 0 Å². The third-order valence-electron chi connectivity index (χ3n) is 3.70. The Hall–Kier alpha value is -0.0800. The van der Waals surface area contributed by atoms with Gasteiger partial charge in [-0.15, -0.1) is 0 Å². The molecule has 0 aromatic rings. The van der Waals surface area contributed by atoms with E-state index in [2.05, 4.69) is 24.5 Å². The summed E-state index contributed by atoms with van der Waals surface area (Å²) in [6, 6.07) is 2.22. The van der Waals surface area contributed by atoms with Gasteiger partial charge in [0.1, 0.15) is 0 Å². The van der Waals surface area contributed by atoms with Crippen LogP contribution in [0.3, 0.4) is 0 Å². The minimum Gasteiger partial charge on any atom is -0.312 e. The number of nitrogens with one attached hydrogen (secondary N) is 2.